The highest BCUT2D eigenvalue weighted by Crippen LogP contribution is 2.25. The van der Waals surface area contributed by atoms with Crippen LogP contribution in [-0.4, -0.2) is 37.4 Å². The normalized spacial score (nSPS) is 11.1. The maximum Gasteiger partial charge on any atom is 0.258 e. The second-order valence-electron chi connectivity index (χ2n) is 6.57. The molecule has 0 heterocycles. The summed E-state index contributed by atoms with van der Waals surface area (Å²) in [7, 11) is 0. The van der Waals surface area contributed by atoms with Crippen LogP contribution in [0.1, 0.15) is 30.5 Å². The van der Waals surface area contributed by atoms with Crippen molar-refractivity contribution < 1.29 is 14.3 Å². The van der Waals surface area contributed by atoms with Crippen molar-refractivity contribution in [2.45, 2.75) is 34.6 Å². The van der Waals surface area contributed by atoms with Crippen LogP contribution in [0.25, 0.3) is 0 Å². The first kappa shape index (κ1) is 20.3. The molecule has 0 saturated carbocycles. The Morgan fingerprint density at radius 2 is 1.67 bits per heavy atom. The second-order valence-corrected chi connectivity index (χ2v) is 6.83. The van der Waals surface area contributed by atoms with E-state index in [9.17, 15) is 9.59 Å². The van der Waals surface area contributed by atoms with E-state index in [1.165, 1.54) is 0 Å². The van der Waals surface area contributed by atoms with Crippen molar-refractivity contribution in [3.63, 3.8) is 0 Å². The molecule has 0 saturated heterocycles. The van der Waals surface area contributed by atoms with Gasteiger partial charge in [-0.15, -0.1) is 11.6 Å². The molecular weight excluding hydrogens is 328 g/mol. The Kier molecular flexibility index (Phi) is 7.55. The topological polar surface area (TPSA) is 67.4 Å². The van der Waals surface area contributed by atoms with E-state index in [4.69, 9.17) is 16.3 Å². The smallest absolute Gasteiger partial charge is 0.258 e. The molecule has 1 aromatic carbocycles. The number of carbonyl (C=O) groups excluding carboxylic acids is 2. The molecule has 1 rings (SSSR count). The van der Waals surface area contributed by atoms with Crippen LogP contribution in [0.3, 0.4) is 0 Å². The zero-order valence-electron chi connectivity index (χ0n) is 15.1. The molecule has 0 radical (unpaired) electrons. The summed E-state index contributed by atoms with van der Waals surface area (Å²) in [5.41, 5.74) is 2.55. The number of rotatable bonds is 8. The van der Waals surface area contributed by atoms with Crippen molar-refractivity contribution >= 4 is 23.4 Å². The van der Waals surface area contributed by atoms with E-state index in [2.05, 4.69) is 10.6 Å². The molecule has 134 valence electrons. The fourth-order valence-corrected chi connectivity index (χ4v) is 2.14. The van der Waals surface area contributed by atoms with E-state index in [1.54, 1.807) is 13.8 Å². The van der Waals surface area contributed by atoms with E-state index in [-0.39, 0.29) is 24.3 Å². The minimum Gasteiger partial charge on any atom is -0.483 e. The molecule has 0 bridgehead atoms. The molecule has 1 aromatic rings. The number of hydrogen-bond acceptors (Lipinski definition) is 3. The average molecular weight is 355 g/mol. The number of nitrogens with one attached hydrogen (secondary N) is 2. The van der Waals surface area contributed by atoms with Crippen molar-refractivity contribution in [2.75, 3.05) is 25.6 Å². The molecular formula is C18H27ClN2O3. The van der Waals surface area contributed by atoms with E-state index >= 15 is 0 Å². The molecule has 0 atom stereocenters. The summed E-state index contributed by atoms with van der Waals surface area (Å²) >= 11 is 5.74. The number of ether oxygens (including phenoxy) is 1. The average Bonchev–Trinajstić information content (AvgIpc) is 2.54. The number of amides is 2. The SMILES string of the molecule is Cc1ccc(C)c(OCC(=O)NCCNC(=O)C(C)(C)CCl)c1C. The third-order valence-corrected chi connectivity index (χ3v) is 4.57. The zero-order chi connectivity index (χ0) is 18.3. The third-order valence-electron chi connectivity index (χ3n) is 3.90. The molecule has 0 fully saturated rings. The van der Waals surface area contributed by atoms with Crippen LogP contribution in [-0.2, 0) is 9.59 Å². The third kappa shape index (κ3) is 5.71. The van der Waals surface area contributed by atoms with Gasteiger partial charge in [-0.25, -0.2) is 0 Å². The Morgan fingerprint density at radius 1 is 1.08 bits per heavy atom. The summed E-state index contributed by atoms with van der Waals surface area (Å²) in [5, 5.41) is 5.47. The Labute approximate surface area is 149 Å². The van der Waals surface area contributed by atoms with Gasteiger partial charge in [0.05, 0.1) is 5.41 Å². The maximum absolute atomic E-state index is 11.9. The van der Waals surface area contributed by atoms with Gasteiger partial charge in [-0.1, -0.05) is 12.1 Å². The monoisotopic (exact) mass is 354 g/mol. The van der Waals surface area contributed by atoms with Gasteiger partial charge in [-0.3, -0.25) is 9.59 Å². The number of alkyl halides is 1. The predicted molar refractivity (Wildman–Crippen MR) is 96.7 cm³/mol. The Balaban J connectivity index is 2.36. The van der Waals surface area contributed by atoms with Gasteiger partial charge >= 0.3 is 0 Å². The quantitative estimate of drug-likeness (QED) is 0.556. The molecule has 0 aliphatic rings. The summed E-state index contributed by atoms with van der Waals surface area (Å²) in [4.78, 5) is 23.7. The van der Waals surface area contributed by atoms with E-state index < -0.39 is 5.41 Å². The van der Waals surface area contributed by atoms with Crippen LogP contribution in [0.4, 0.5) is 0 Å². The maximum atomic E-state index is 11.9. The number of halogens is 1. The Bertz CT molecular complexity index is 600. The Hall–Kier alpha value is -1.75. The number of carbonyl (C=O) groups is 2. The van der Waals surface area contributed by atoms with Gasteiger partial charge in [0, 0.05) is 19.0 Å². The highest BCUT2D eigenvalue weighted by molar-refractivity contribution is 6.19. The van der Waals surface area contributed by atoms with Gasteiger partial charge < -0.3 is 15.4 Å². The lowest BCUT2D eigenvalue weighted by Crippen LogP contribution is -2.42. The number of aryl methyl sites for hydroxylation is 2. The Morgan fingerprint density at radius 3 is 2.29 bits per heavy atom. The van der Waals surface area contributed by atoms with Crippen LogP contribution in [0, 0.1) is 26.2 Å². The molecule has 0 aliphatic carbocycles. The number of benzene rings is 1. The van der Waals surface area contributed by atoms with Crippen LogP contribution in [0.5, 0.6) is 5.75 Å². The molecule has 0 aliphatic heterocycles. The molecule has 5 nitrogen and oxygen atoms in total. The summed E-state index contributed by atoms with van der Waals surface area (Å²) in [6.07, 6.45) is 0. The largest absolute Gasteiger partial charge is 0.483 e. The van der Waals surface area contributed by atoms with Gasteiger partial charge in [0.2, 0.25) is 5.91 Å². The van der Waals surface area contributed by atoms with E-state index in [0.717, 1.165) is 22.4 Å². The first-order valence-electron chi connectivity index (χ1n) is 7.99. The molecule has 24 heavy (non-hydrogen) atoms. The van der Waals surface area contributed by atoms with Crippen LogP contribution in [0.2, 0.25) is 0 Å². The van der Waals surface area contributed by atoms with Crippen molar-refractivity contribution in [3.05, 3.63) is 28.8 Å². The lowest BCUT2D eigenvalue weighted by atomic mass is 9.95. The van der Waals surface area contributed by atoms with Gasteiger partial charge in [0.25, 0.3) is 5.91 Å². The standard InChI is InChI=1S/C18H27ClN2O3/c1-12-6-7-13(2)16(14(12)3)24-10-15(22)20-8-9-21-17(23)18(4,5)11-19/h6-7H,8-11H2,1-5H3,(H,20,22)(H,21,23). The molecule has 0 unspecified atom stereocenters. The van der Waals surface area contributed by atoms with Gasteiger partial charge in [-0.05, 0) is 51.3 Å². The van der Waals surface area contributed by atoms with Gasteiger partial charge in [0.1, 0.15) is 5.75 Å². The summed E-state index contributed by atoms with van der Waals surface area (Å²) in [6, 6.07) is 4.01. The summed E-state index contributed by atoms with van der Waals surface area (Å²) < 4.78 is 5.64. The van der Waals surface area contributed by atoms with Gasteiger partial charge in [-0.2, -0.15) is 0 Å². The van der Waals surface area contributed by atoms with Crippen LogP contribution in [0.15, 0.2) is 12.1 Å². The summed E-state index contributed by atoms with van der Waals surface area (Å²) in [6.45, 7) is 10.1. The second kappa shape index (κ2) is 8.92. The summed E-state index contributed by atoms with van der Waals surface area (Å²) in [5.74, 6) is 0.645. The van der Waals surface area contributed by atoms with E-state index in [1.807, 2.05) is 32.9 Å². The van der Waals surface area contributed by atoms with E-state index in [0.29, 0.717) is 13.1 Å². The molecule has 6 heteroatoms. The fraction of sp³-hybridized carbons (Fsp3) is 0.556. The first-order valence-corrected chi connectivity index (χ1v) is 8.53. The van der Waals surface area contributed by atoms with Crippen molar-refractivity contribution in [2.24, 2.45) is 5.41 Å². The molecule has 0 aromatic heterocycles. The van der Waals surface area contributed by atoms with Crippen molar-refractivity contribution in [1.82, 2.24) is 10.6 Å². The molecule has 2 N–H and O–H groups in total. The minimum atomic E-state index is -0.616. The van der Waals surface area contributed by atoms with Gasteiger partial charge in [0.15, 0.2) is 6.61 Å². The highest BCUT2D eigenvalue weighted by atomic mass is 35.5. The molecule has 2 amide bonds. The van der Waals surface area contributed by atoms with Crippen LogP contribution < -0.4 is 15.4 Å². The minimum absolute atomic E-state index is 0.0494. The van der Waals surface area contributed by atoms with Crippen molar-refractivity contribution in [3.8, 4) is 5.75 Å². The lowest BCUT2D eigenvalue weighted by Gasteiger charge is -2.20. The number of hydrogen-bond donors (Lipinski definition) is 2. The van der Waals surface area contributed by atoms with Crippen molar-refractivity contribution in [1.29, 1.82) is 0 Å². The molecule has 0 spiro atoms. The highest BCUT2D eigenvalue weighted by Gasteiger charge is 2.25. The predicted octanol–water partition coefficient (Wildman–Crippen LogP) is 2.49. The zero-order valence-corrected chi connectivity index (χ0v) is 15.8. The van der Waals surface area contributed by atoms with Crippen LogP contribution >= 0.6 is 11.6 Å². The first-order chi connectivity index (χ1) is 11.2. The lowest BCUT2D eigenvalue weighted by molar-refractivity contribution is -0.128. The fourth-order valence-electron chi connectivity index (χ4n) is 2.01.